The smallest absolute Gasteiger partial charge is 0.0654 e. The fraction of sp³-hybridized carbons (Fsp3) is 0.643. The van der Waals surface area contributed by atoms with Gasteiger partial charge >= 0.3 is 0 Å². The van der Waals surface area contributed by atoms with Crippen molar-refractivity contribution in [1.82, 2.24) is 4.57 Å². The minimum atomic E-state index is -0.242. The van der Waals surface area contributed by atoms with Gasteiger partial charge in [0.1, 0.15) is 0 Å². The highest BCUT2D eigenvalue weighted by Crippen LogP contribution is 2.67. The molecule has 0 bridgehead atoms. The molecule has 0 amide bonds. The number of allylic oxidation sites excluding steroid dienone is 1. The second-order valence-corrected chi connectivity index (χ2v) is 11.6. The first-order chi connectivity index (χ1) is 14.4. The summed E-state index contributed by atoms with van der Waals surface area (Å²) >= 11 is 0. The Morgan fingerprint density at radius 3 is 2.70 bits per heavy atom. The predicted molar refractivity (Wildman–Crippen MR) is 124 cm³/mol. The second-order valence-electron chi connectivity index (χ2n) is 11.6. The molecule has 0 spiro atoms. The minimum absolute atomic E-state index is 0.131. The van der Waals surface area contributed by atoms with Crippen molar-refractivity contribution in [3.8, 4) is 0 Å². The number of hydrogen-bond acceptors (Lipinski definition) is 1. The van der Waals surface area contributed by atoms with Gasteiger partial charge in [-0.2, -0.15) is 0 Å². The summed E-state index contributed by atoms with van der Waals surface area (Å²) in [6, 6.07) is 10.9. The largest absolute Gasteiger partial charge is 0.392 e. The zero-order valence-electron chi connectivity index (χ0n) is 18.8. The average Bonchev–Trinajstić information content (AvgIpc) is 3.31. The van der Waals surface area contributed by atoms with Crippen molar-refractivity contribution in [3.63, 3.8) is 0 Å². The Labute approximate surface area is 181 Å². The Morgan fingerprint density at radius 2 is 1.83 bits per heavy atom. The van der Waals surface area contributed by atoms with E-state index in [0.29, 0.717) is 17.3 Å². The fourth-order valence-electron chi connectivity index (χ4n) is 8.65. The van der Waals surface area contributed by atoms with Gasteiger partial charge in [-0.05, 0) is 91.0 Å². The molecule has 4 aliphatic carbocycles. The molecule has 0 radical (unpaired) electrons. The Morgan fingerprint density at radius 1 is 1.00 bits per heavy atom. The molecule has 3 saturated carbocycles. The number of aliphatic hydroxyl groups is 1. The zero-order valence-corrected chi connectivity index (χ0v) is 18.8. The molecule has 0 saturated heterocycles. The summed E-state index contributed by atoms with van der Waals surface area (Å²) < 4.78 is 2.38. The highest BCUT2D eigenvalue weighted by Gasteiger charge is 2.61. The lowest BCUT2D eigenvalue weighted by Gasteiger charge is -2.62. The summed E-state index contributed by atoms with van der Waals surface area (Å²) in [7, 11) is 0. The summed E-state index contributed by atoms with van der Waals surface area (Å²) in [5.41, 5.74) is 2.94. The number of nitrogens with zero attached hydrogens (tertiary/aromatic N) is 1. The molecule has 30 heavy (non-hydrogen) atoms. The van der Waals surface area contributed by atoms with E-state index in [1.807, 2.05) is 0 Å². The molecule has 1 aromatic heterocycles. The van der Waals surface area contributed by atoms with Gasteiger partial charge in [0.05, 0.1) is 11.6 Å². The third-order valence-electron chi connectivity index (χ3n) is 10.4. The standard InChI is InChI=1S/C28H37NO/c1-18-12-14-27(2)20(16-18)8-9-21-22-10-11-25(28(22,3)26(30)17-23(21)27)29-15-13-19-6-4-5-7-24(19)29/h4-7,11,13,15,18,20-23,26,30H,8-10,12,14,16-17H2,1-3H3/t18-,20+,21?,22?,23?,26?,27-,28-/m0/s1. The molecule has 1 aromatic carbocycles. The number of benzene rings is 1. The van der Waals surface area contributed by atoms with Crippen molar-refractivity contribution >= 4 is 16.6 Å². The lowest BCUT2D eigenvalue weighted by Crippen LogP contribution is -2.57. The van der Waals surface area contributed by atoms with E-state index in [0.717, 1.165) is 30.6 Å². The highest BCUT2D eigenvalue weighted by molar-refractivity contribution is 5.84. The van der Waals surface area contributed by atoms with Crippen molar-refractivity contribution in [1.29, 1.82) is 0 Å². The molecule has 0 aliphatic heterocycles. The second kappa shape index (κ2) is 6.48. The van der Waals surface area contributed by atoms with Gasteiger partial charge in [0.25, 0.3) is 0 Å². The van der Waals surface area contributed by atoms with Crippen LogP contribution in [-0.4, -0.2) is 15.8 Å². The number of para-hydroxylation sites is 1. The molecule has 2 heteroatoms. The molecule has 1 N–H and O–H groups in total. The quantitative estimate of drug-likeness (QED) is 0.560. The van der Waals surface area contributed by atoms with Crippen LogP contribution in [0.1, 0.15) is 65.7 Å². The van der Waals surface area contributed by atoms with E-state index in [1.165, 1.54) is 48.7 Å². The SMILES string of the molecule is C[C@H]1CC[C@]2(C)C3CC(O)[C@]4(C)C(n5ccc6ccccc65)=CCC4C3CC[C@@H]2C1. The molecule has 2 nitrogen and oxygen atoms in total. The maximum atomic E-state index is 11.7. The highest BCUT2D eigenvalue weighted by atomic mass is 16.3. The van der Waals surface area contributed by atoms with Crippen LogP contribution < -0.4 is 0 Å². The van der Waals surface area contributed by atoms with Gasteiger partial charge in [0, 0.05) is 17.3 Å². The van der Waals surface area contributed by atoms with Crippen molar-refractivity contribution in [2.45, 2.75) is 71.8 Å². The number of hydrogen-bond donors (Lipinski definition) is 1. The van der Waals surface area contributed by atoms with E-state index in [2.05, 4.69) is 67.9 Å². The van der Waals surface area contributed by atoms with Gasteiger partial charge in [-0.1, -0.05) is 51.5 Å². The Hall–Kier alpha value is -1.54. The van der Waals surface area contributed by atoms with Crippen LogP contribution in [0, 0.1) is 40.4 Å². The summed E-state index contributed by atoms with van der Waals surface area (Å²) in [4.78, 5) is 0. The molecule has 3 fully saturated rings. The summed E-state index contributed by atoms with van der Waals surface area (Å²) in [6.07, 6.45) is 13.5. The minimum Gasteiger partial charge on any atom is -0.392 e. The monoisotopic (exact) mass is 403 g/mol. The maximum absolute atomic E-state index is 11.7. The first-order valence-electron chi connectivity index (χ1n) is 12.4. The van der Waals surface area contributed by atoms with E-state index in [9.17, 15) is 5.11 Å². The first-order valence-corrected chi connectivity index (χ1v) is 12.4. The Bertz CT molecular complexity index is 1000. The van der Waals surface area contributed by atoms with Crippen LogP contribution in [0.4, 0.5) is 0 Å². The lowest BCUT2D eigenvalue weighted by molar-refractivity contribution is -0.145. The number of aliphatic hydroxyl groups excluding tert-OH is 1. The van der Waals surface area contributed by atoms with Gasteiger partial charge in [-0.25, -0.2) is 0 Å². The van der Waals surface area contributed by atoms with Crippen LogP contribution in [0.3, 0.4) is 0 Å². The molecule has 4 aliphatic rings. The molecular weight excluding hydrogens is 366 g/mol. The third kappa shape index (κ3) is 2.40. The molecule has 4 unspecified atom stereocenters. The lowest BCUT2D eigenvalue weighted by atomic mass is 9.44. The Balaban J connectivity index is 1.37. The van der Waals surface area contributed by atoms with Crippen LogP contribution in [0.15, 0.2) is 42.6 Å². The van der Waals surface area contributed by atoms with E-state index >= 15 is 0 Å². The number of rotatable bonds is 1. The maximum Gasteiger partial charge on any atom is 0.0654 e. The van der Waals surface area contributed by atoms with Gasteiger partial charge in [0.15, 0.2) is 0 Å². The van der Waals surface area contributed by atoms with Crippen molar-refractivity contribution in [2.24, 2.45) is 40.4 Å². The third-order valence-corrected chi connectivity index (χ3v) is 10.4. The topological polar surface area (TPSA) is 25.2 Å². The van der Waals surface area contributed by atoms with Crippen molar-refractivity contribution in [3.05, 3.63) is 42.6 Å². The first kappa shape index (κ1) is 19.2. The zero-order chi connectivity index (χ0) is 20.7. The van der Waals surface area contributed by atoms with Gasteiger partial charge in [0.2, 0.25) is 0 Å². The molecule has 2 aromatic rings. The number of aromatic nitrogens is 1. The summed E-state index contributed by atoms with van der Waals surface area (Å²) in [6.45, 7) is 7.43. The van der Waals surface area contributed by atoms with E-state index < -0.39 is 0 Å². The number of fused-ring (bicyclic) bond motifs is 6. The molecular formula is C28H37NO. The van der Waals surface area contributed by atoms with Crippen LogP contribution in [0.5, 0.6) is 0 Å². The molecule has 6 rings (SSSR count). The molecule has 1 heterocycles. The van der Waals surface area contributed by atoms with Gasteiger partial charge in [-0.3, -0.25) is 0 Å². The van der Waals surface area contributed by atoms with Gasteiger partial charge in [-0.15, -0.1) is 0 Å². The summed E-state index contributed by atoms with van der Waals surface area (Å²) in [5.74, 6) is 3.82. The fourth-order valence-corrected chi connectivity index (χ4v) is 8.65. The van der Waals surface area contributed by atoms with Gasteiger partial charge < -0.3 is 9.67 Å². The Kier molecular flexibility index (Phi) is 4.14. The van der Waals surface area contributed by atoms with Crippen molar-refractivity contribution in [2.75, 3.05) is 0 Å². The average molecular weight is 404 g/mol. The predicted octanol–water partition coefficient (Wildman–Crippen LogP) is 6.74. The van der Waals surface area contributed by atoms with Crippen LogP contribution in [0.2, 0.25) is 0 Å². The normalized spacial score (nSPS) is 45.5. The molecule has 160 valence electrons. The van der Waals surface area contributed by atoms with E-state index in [4.69, 9.17) is 0 Å². The van der Waals surface area contributed by atoms with Crippen LogP contribution in [-0.2, 0) is 0 Å². The van der Waals surface area contributed by atoms with E-state index in [1.54, 1.807) is 0 Å². The summed E-state index contributed by atoms with van der Waals surface area (Å²) in [5, 5.41) is 13.0. The van der Waals surface area contributed by atoms with E-state index in [-0.39, 0.29) is 11.5 Å². The van der Waals surface area contributed by atoms with Crippen molar-refractivity contribution < 1.29 is 5.11 Å². The van der Waals surface area contributed by atoms with Crippen LogP contribution >= 0.6 is 0 Å². The molecule has 8 atom stereocenters. The van der Waals surface area contributed by atoms with Crippen LogP contribution in [0.25, 0.3) is 16.6 Å².